The summed E-state index contributed by atoms with van der Waals surface area (Å²) in [5.41, 5.74) is 11.7. The number of nitrogens with one attached hydrogen (secondary N) is 3. The number of aromatic amines is 1. The van der Waals surface area contributed by atoms with E-state index >= 15 is 0 Å². The summed E-state index contributed by atoms with van der Waals surface area (Å²) in [6.45, 7) is 4.60. The van der Waals surface area contributed by atoms with Gasteiger partial charge in [-0.2, -0.15) is 4.98 Å². The van der Waals surface area contributed by atoms with Gasteiger partial charge in [0.2, 0.25) is 5.95 Å². The lowest BCUT2D eigenvalue weighted by atomic mass is 9.62. The van der Waals surface area contributed by atoms with Gasteiger partial charge in [0, 0.05) is 76.1 Å². The Balaban J connectivity index is 0.000000133. The molecule has 2 aromatic heterocycles. The van der Waals surface area contributed by atoms with E-state index in [1.54, 1.807) is 12.1 Å². The number of aliphatic hydroxyl groups excluding tert-OH is 2. The molecule has 1 spiro atoms. The minimum absolute atomic E-state index is 0.0524. The van der Waals surface area contributed by atoms with Gasteiger partial charge in [0.15, 0.2) is 11.2 Å². The van der Waals surface area contributed by atoms with Gasteiger partial charge >= 0.3 is 11.9 Å². The molecule has 7 aliphatic rings. The number of hydrogen-bond donors (Lipinski definition) is 8. The molecule has 2 unspecified atom stereocenters. The summed E-state index contributed by atoms with van der Waals surface area (Å²) in [6, 6.07) is 32.0. The number of anilines is 5. The van der Waals surface area contributed by atoms with Crippen molar-refractivity contribution < 1.29 is 34.8 Å². The first-order chi connectivity index (χ1) is 36.6. The Hall–Kier alpha value is -7.10. The third kappa shape index (κ3) is 9.61. The van der Waals surface area contributed by atoms with Gasteiger partial charge in [-0.05, 0) is 119 Å². The zero-order valence-electron chi connectivity index (χ0n) is 42.9. The number of H-pyrrole nitrogens is 1. The van der Waals surface area contributed by atoms with E-state index in [4.69, 9.17) is 15.9 Å². The van der Waals surface area contributed by atoms with Crippen molar-refractivity contribution in [1.29, 1.82) is 0 Å². The standard InChI is InChI=1S/C20H26N2O2.C19H19N7O6.C17H20N2S/c1-3-10-11-8-14-17-20(12-6-4-5-7-13(12)21(17)2)9-15(16(11)18(20)23)22(14)19(10)24;20-19-25-15-14(17(30)26-19)23-11(8-22-15)7-21-10-3-1-9(2-4-10)16(29)24-12(18(31)32)5-6-13(27)28;1-18(2)12-7-13-19-14-8-3-5-10-16(14)20-17-11-6-4-9-15(17)19/h4-7,10-11,14-19,23-24H,3,8-9H2,1-2H3;1-4,8,12,21H,5-7H2,(H,24,29)(H,27,28)(H,31,32)(H3,20,22,25,26,30);3-6,8-11H,7,12-13H2,1-2H3/t10-,11-,14-,15-,16?,17-,18+,19+,20+;12-;/m00./s1. The highest BCUT2D eigenvalue weighted by Gasteiger charge is 2.76. The molecule has 76 heavy (non-hydrogen) atoms. The van der Waals surface area contributed by atoms with Gasteiger partial charge in [0.1, 0.15) is 12.3 Å². The van der Waals surface area contributed by atoms with Gasteiger partial charge in [-0.1, -0.05) is 61.2 Å². The van der Waals surface area contributed by atoms with E-state index in [0.717, 1.165) is 32.4 Å². The number of carboxylic acids is 2. The lowest BCUT2D eigenvalue weighted by Crippen LogP contribution is -2.72. The van der Waals surface area contributed by atoms with Crippen LogP contribution in [0.3, 0.4) is 0 Å². The number of aromatic nitrogens is 4. The van der Waals surface area contributed by atoms with Crippen molar-refractivity contribution >= 4 is 69.5 Å². The maximum atomic E-state index is 12.3. The molecule has 13 rings (SSSR count). The van der Waals surface area contributed by atoms with E-state index in [-0.39, 0.29) is 59.8 Å². The first-order valence-electron chi connectivity index (χ1n) is 25.9. The third-order valence-electron chi connectivity index (χ3n) is 16.3. The second kappa shape index (κ2) is 21.5. The van der Waals surface area contributed by atoms with Gasteiger partial charge < -0.3 is 51.5 Å². The number of aliphatic hydroxyl groups is 2. The van der Waals surface area contributed by atoms with E-state index in [0.29, 0.717) is 47.3 Å². The van der Waals surface area contributed by atoms with Gasteiger partial charge in [0.05, 0.1) is 42.0 Å². The van der Waals surface area contributed by atoms with Crippen LogP contribution in [0.5, 0.6) is 0 Å². The van der Waals surface area contributed by atoms with Crippen LogP contribution in [0.15, 0.2) is 118 Å². The zero-order valence-corrected chi connectivity index (χ0v) is 43.7. The van der Waals surface area contributed by atoms with Crippen LogP contribution in [-0.4, -0.2) is 139 Å². The van der Waals surface area contributed by atoms with Crippen molar-refractivity contribution in [3.05, 3.63) is 130 Å². The lowest BCUT2D eigenvalue weighted by molar-refractivity contribution is -0.211. The Bertz CT molecular complexity index is 3150. The maximum absolute atomic E-state index is 12.3. The van der Waals surface area contributed by atoms with Crippen LogP contribution in [0, 0.1) is 17.8 Å². The Morgan fingerprint density at radius 2 is 1.59 bits per heavy atom. The van der Waals surface area contributed by atoms with Crippen molar-refractivity contribution in [2.75, 3.05) is 55.1 Å². The Kier molecular flexibility index (Phi) is 14.8. The second-order valence-corrected chi connectivity index (χ2v) is 21.9. The molecule has 4 saturated heterocycles. The fourth-order valence-corrected chi connectivity index (χ4v) is 14.3. The minimum atomic E-state index is -1.31. The first kappa shape index (κ1) is 52.3. The highest BCUT2D eigenvalue weighted by molar-refractivity contribution is 7.99. The van der Waals surface area contributed by atoms with Gasteiger partial charge in [0.25, 0.3) is 11.5 Å². The summed E-state index contributed by atoms with van der Waals surface area (Å²) < 4.78 is 0. The van der Waals surface area contributed by atoms with Crippen LogP contribution in [-0.2, 0) is 21.5 Å². The maximum Gasteiger partial charge on any atom is 0.326 e. The number of rotatable bonds is 14. The average Bonchev–Trinajstić information content (AvgIpc) is 3.91. The topological polar surface area (TPSA) is 267 Å². The Morgan fingerprint density at radius 3 is 2.25 bits per heavy atom. The number of aliphatic carboxylic acids is 2. The van der Waals surface area contributed by atoms with Crippen LogP contribution >= 0.6 is 11.8 Å². The molecule has 6 aliphatic heterocycles. The first-order valence-corrected chi connectivity index (χ1v) is 26.8. The van der Waals surface area contributed by atoms with E-state index < -0.39 is 29.4 Å². The average molecular weight is 1050 g/mol. The molecule has 1 aliphatic carbocycles. The highest BCUT2D eigenvalue weighted by atomic mass is 32.2. The molecule has 1 amide bonds. The number of nitrogens with two attached hydrogens (primary N) is 1. The predicted molar refractivity (Wildman–Crippen MR) is 291 cm³/mol. The van der Waals surface area contributed by atoms with Crippen LogP contribution in [0.2, 0.25) is 0 Å². The molecular formula is C56H65N11O8S. The molecular weight excluding hydrogens is 987 g/mol. The van der Waals surface area contributed by atoms with Gasteiger partial charge in [-0.3, -0.25) is 24.3 Å². The summed E-state index contributed by atoms with van der Waals surface area (Å²) >= 11 is 1.87. The van der Waals surface area contributed by atoms with Crippen molar-refractivity contribution in [2.24, 2.45) is 17.8 Å². The minimum Gasteiger partial charge on any atom is -0.481 e. The van der Waals surface area contributed by atoms with Gasteiger partial charge in [-0.25, -0.2) is 14.8 Å². The number of hydrogen-bond acceptors (Lipinski definition) is 16. The largest absolute Gasteiger partial charge is 0.481 e. The summed E-state index contributed by atoms with van der Waals surface area (Å²) in [4.78, 5) is 72.8. The number of nitrogens with zero attached hydrogens (tertiary/aromatic N) is 7. The number of nitrogen functional groups attached to an aromatic ring is 1. The van der Waals surface area contributed by atoms with Crippen molar-refractivity contribution in [3.63, 3.8) is 0 Å². The van der Waals surface area contributed by atoms with Gasteiger partial charge in [-0.15, -0.1) is 0 Å². The molecule has 6 aromatic rings. The van der Waals surface area contributed by atoms with Crippen molar-refractivity contribution in [1.82, 2.24) is 35.1 Å². The van der Waals surface area contributed by atoms with E-state index in [2.05, 4.69) is 151 Å². The quantitative estimate of drug-likeness (QED) is 0.0645. The number of likely N-dealkylation sites (N-methyl/N-ethyl adjacent to an activating group) is 1. The molecule has 9 N–H and O–H groups in total. The van der Waals surface area contributed by atoms with E-state index in [1.807, 2.05) is 11.8 Å². The summed E-state index contributed by atoms with van der Waals surface area (Å²) in [6.07, 6.45) is 4.56. The molecule has 19 nitrogen and oxygen atoms in total. The SMILES string of the molecule is CC[C@H]1[C@@H]2C[C@H]3[C@@H]4N(C)c5ccccc5[C@]45C[C@@H](C2[C@H]5O)N3[C@@H]1O.CN(C)CCCN1c2ccccc2Sc2ccccc21.Nc1nc2ncc(CNc3ccc(C(=O)N[C@@H](CCC(=O)O)C(=O)O)cc3)nc2c(=O)[nH]1. The Morgan fingerprint density at radius 1 is 0.921 bits per heavy atom. The number of carbonyl (C=O) groups excluding carboxylic acids is 1. The lowest BCUT2D eigenvalue weighted by Gasteiger charge is -2.62. The van der Waals surface area contributed by atoms with Crippen LogP contribution < -0.4 is 31.7 Å². The predicted octanol–water partition coefficient (Wildman–Crippen LogP) is 5.75. The molecule has 20 heteroatoms. The number of carboxylic acid groups (broad SMARTS) is 2. The molecule has 0 radical (unpaired) electrons. The van der Waals surface area contributed by atoms with Crippen molar-refractivity contribution in [3.8, 4) is 0 Å². The number of carbonyl (C=O) groups is 3. The fraction of sp³-hybridized carbons (Fsp3) is 0.411. The highest BCUT2D eigenvalue weighted by Crippen LogP contribution is 2.69. The van der Waals surface area contributed by atoms with E-state index in [1.165, 1.54) is 57.2 Å². The molecule has 11 atom stereocenters. The van der Waals surface area contributed by atoms with Crippen LogP contribution in [0.1, 0.15) is 67.1 Å². The second-order valence-electron chi connectivity index (χ2n) is 20.9. The number of benzene rings is 4. The normalized spacial score (nSPS) is 26.0. The Labute approximate surface area is 444 Å². The summed E-state index contributed by atoms with van der Waals surface area (Å²) in [5, 5.41) is 45.8. The number of fused-ring (bicyclic) bond motifs is 5. The molecule has 5 fully saturated rings. The summed E-state index contributed by atoms with van der Waals surface area (Å²) in [7, 11) is 6.46. The number of amides is 1. The zero-order chi connectivity index (χ0) is 53.6. The van der Waals surface area contributed by atoms with Crippen LogP contribution in [0.4, 0.5) is 28.7 Å². The molecule has 8 heterocycles. The molecule has 1 saturated carbocycles. The summed E-state index contributed by atoms with van der Waals surface area (Å²) in [5.74, 6) is -2.02. The molecule has 398 valence electrons. The third-order valence-corrected chi connectivity index (χ3v) is 17.5. The van der Waals surface area contributed by atoms with E-state index in [9.17, 15) is 29.4 Å². The van der Waals surface area contributed by atoms with Crippen LogP contribution in [0.25, 0.3) is 11.2 Å². The molecule has 4 aromatic carbocycles. The number of para-hydroxylation sites is 3. The molecule has 5 bridgehead atoms. The smallest absolute Gasteiger partial charge is 0.326 e. The number of piperidine rings is 4. The monoisotopic (exact) mass is 1050 g/mol. The fourth-order valence-electron chi connectivity index (χ4n) is 13.2. The van der Waals surface area contributed by atoms with Crippen molar-refractivity contribution in [2.45, 2.75) is 104 Å².